The molecule has 1 aromatic rings. The number of hydrogen-bond acceptors (Lipinski definition) is 5. The summed E-state index contributed by atoms with van der Waals surface area (Å²) in [6.45, 7) is 5.86. The second-order valence-electron chi connectivity index (χ2n) is 4.90. The molecule has 0 aliphatic rings. The van der Waals surface area contributed by atoms with E-state index in [2.05, 4.69) is 16.7 Å². The van der Waals surface area contributed by atoms with Gasteiger partial charge in [0.25, 0.3) is 5.69 Å². The smallest absolute Gasteiger partial charge is 0.271 e. The average molecular weight is 266 g/mol. The lowest BCUT2D eigenvalue weighted by Crippen LogP contribution is -2.40. The van der Waals surface area contributed by atoms with Gasteiger partial charge in [0.1, 0.15) is 0 Å². The summed E-state index contributed by atoms with van der Waals surface area (Å²) in [4.78, 5) is 14.5. The topological polar surface area (TPSA) is 75.6 Å². The quantitative estimate of drug-likeness (QED) is 0.484. The summed E-state index contributed by atoms with van der Waals surface area (Å²) < 4.78 is 0. The van der Waals surface area contributed by atoms with Crippen molar-refractivity contribution in [2.24, 2.45) is 0 Å². The lowest BCUT2D eigenvalue weighted by atomic mass is 10.1. The summed E-state index contributed by atoms with van der Waals surface area (Å²) in [6.07, 6.45) is 0. The van der Waals surface area contributed by atoms with Crippen molar-refractivity contribution in [3.05, 3.63) is 28.3 Å². The van der Waals surface area contributed by atoms with Crippen LogP contribution in [0.1, 0.15) is 13.8 Å². The van der Waals surface area contributed by atoms with Gasteiger partial charge in [-0.2, -0.15) is 0 Å². The number of likely N-dealkylation sites (N-methyl/N-ethyl adjacent to an activating group) is 2. The standard InChI is InChI=1S/C13H22N4O2/c1-5-16(10(2)9-15(3)4)13-7-6-11(17(18)19)8-12(13)14/h6-8,10H,5,9,14H2,1-4H3. The normalized spacial score (nSPS) is 12.5. The van der Waals surface area contributed by atoms with Gasteiger partial charge in [-0.15, -0.1) is 0 Å². The molecule has 0 saturated heterocycles. The van der Waals surface area contributed by atoms with E-state index in [9.17, 15) is 10.1 Å². The number of nitro benzene ring substituents is 1. The van der Waals surface area contributed by atoms with Gasteiger partial charge in [-0.25, -0.2) is 0 Å². The molecule has 19 heavy (non-hydrogen) atoms. The summed E-state index contributed by atoms with van der Waals surface area (Å²) in [5, 5.41) is 10.7. The molecule has 2 N–H and O–H groups in total. The van der Waals surface area contributed by atoms with Crippen LogP contribution in [-0.4, -0.2) is 43.0 Å². The highest BCUT2D eigenvalue weighted by molar-refractivity contribution is 5.71. The zero-order valence-electron chi connectivity index (χ0n) is 12.0. The first-order chi connectivity index (χ1) is 8.86. The maximum Gasteiger partial charge on any atom is 0.271 e. The van der Waals surface area contributed by atoms with E-state index in [1.165, 1.54) is 12.1 Å². The van der Waals surface area contributed by atoms with Gasteiger partial charge in [-0.1, -0.05) is 0 Å². The molecule has 0 aromatic heterocycles. The second-order valence-corrected chi connectivity index (χ2v) is 4.90. The van der Waals surface area contributed by atoms with E-state index in [1.807, 2.05) is 21.0 Å². The molecule has 0 fully saturated rings. The molecule has 1 atom stereocenters. The van der Waals surface area contributed by atoms with Crippen molar-refractivity contribution < 1.29 is 4.92 Å². The summed E-state index contributed by atoms with van der Waals surface area (Å²) in [6, 6.07) is 4.92. The highest BCUT2D eigenvalue weighted by Gasteiger charge is 2.18. The summed E-state index contributed by atoms with van der Waals surface area (Å²) >= 11 is 0. The summed E-state index contributed by atoms with van der Waals surface area (Å²) in [5.41, 5.74) is 7.27. The van der Waals surface area contributed by atoms with Crippen LogP contribution in [0.15, 0.2) is 18.2 Å². The minimum atomic E-state index is -0.431. The molecule has 1 unspecified atom stereocenters. The van der Waals surface area contributed by atoms with Crippen molar-refractivity contribution in [3.63, 3.8) is 0 Å². The Bertz CT molecular complexity index is 448. The molecule has 0 heterocycles. The van der Waals surface area contributed by atoms with E-state index >= 15 is 0 Å². The van der Waals surface area contributed by atoms with Gasteiger partial charge in [0.2, 0.25) is 0 Å². The van der Waals surface area contributed by atoms with Gasteiger partial charge in [0.15, 0.2) is 0 Å². The second kappa shape index (κ2) is 6.38. The Morgan fingerprint density at radius 3 is 2.47 bits per heavy atom. The average Bonchev–Trinajstić information content (AvgIpc) is 2.30. The van der Waals surface area contributed by atoms with Crippen molar-refractivity contribution in [1.29, 1.82) is 0 Å². The first-order valence-electron chi connectivity index (χ1n) is 6.32. The number of nitrogen functional groups attached to an aromatic ring is 1. The Morgan fingerprint density at radius 2 is 2.05 bits per heavy atom. The number of nitro groups is 1. The molecular weight excluding hydrogens is 244 g/mol. The fourth-order valence-corrected chi connectivity index (χ4v) is 2.26. The molecule has 0 bridgehead atoms. The van der Waals surface area contributed by atoms with Crippen molar-refractivity contribution in [3.8, 4) is 0 Å². The van der Waals surface area contributed by atoms with E-state index in [4.69, 9.17) is 5.73 Å². The fraction of sp³-hybridized carbons (Fsp3) is 0.538. The Hall–Kier alpha value is -1.82. The van der Waals surface area contributed by atoms with Crippen LogP contribution in [0.4, 0.5) is 17.1 Å². The minimum Gasteiger partial charge on any atom is -0.397 e. The van der Waals surface area contributed by atoms with Crippen LogP contribution in [0.25, 0.3) is 0 Å². The SMILES string of the molecule is CCN(c1ccc([N+](=O)[O-])cc1N)C(C)CN(C)C. The zero-order chi connectivity index (χ0) is 14.6. The molecule has 6 nitrogen and oxygen atoms in total. The Morgan fingerprint density at radius 1 is 1.42 bits per heavy atom. The number of nitrogens with two attached hydrogens (primary N) is 1. The van der Waals surface area contributed by atoms with Crippen molar-refractivity contribution in [2.75, 3.05) is 37.8 Å². The molecule has 106 valence electrons. The third-order valence-corrected chi connectivity index (χ3v) is 3.03. The van der Waals surface area contributed by atoms with Gasteiger partial charge in [0, 0.05) is 31.3 Å². The number of hydrogen-bond donors (Lipinski definition) is 1. The van der Waals surface area contributed by atoms with E-state index in [1.54, 1.807) is 6.07 Å². The van der Waals surface area contributed by atoms with E-state index in [-0.39, 0.29) is 11.7 Å². The van der Waals surface area contributed by atoms with Crippen molar-refractivity contribution >= 4 is 17.1 Å². The maximum atomic E-state index is 10.7. The molecule has 0 radical (unpaired) electrons. The summed E-state index contributed by atoms with van der Waals surface area (Å²) in [5.74, 6) is 0. The predicted molar refractivity (Wildman–Crippen MR) is 78.5 cm³/mol. The number of nitrogens with zero attached hydrogens (tertiary/aromatic N) is 3. The molecule has 0 aliphatic carbocycles. The van der Waals surface area contributed by atoms with Crippen molar-refractivity contribution in [2.45, 2.75) is 19.9 Å². The van der Waals surface area contributed by atoms with Crippen LogP contribution in [-0.2, 0) is 0 Å². The monoisotopic (exact) mass is 266 g/mol. The molecule has 6 heteroatoms. The lowest BCUT2D eigenvalue weighted by molar-refractivity contribution is -0.384. The first kappa shape index (κ1) is 15.2. The molecule has 0 aliphatic heterocycles. The van der Waals surface area contributed by atoms with Gasteiger partial charge >= 0.3 is 0 Å². The lowest BCUT2D eigenvalue weighted by Gasteiger charge is -2.32. The highest BCUT2D eigenvalue weighted by atomic mass is 16.6. The molecule has 0 spiro atoms. The zero-order valence-corrected chi connectivity index (χ0v) is 12.0. The van der Waals surface area contributed by atoms with Gasteiger partial charge < -0.3 is 15.5 Å². The molecular formula is C13H22N4O2. The van der Waals surface area contributed by atoms with Gasteiger partial charge in [-0.3, -0.25) is 10.1 Å². The molecule has 0 saturated carbocycles. The van der Waals surface area contributed by atoms with Gasteiger partial charge in [0.05, 0.1) is 16.3 Å². The predicted octanol–water partition coefficient (Wildman–Crippen LogP) is 1.95. The largest absolute Gasteiger partial charge is 0.397 e. The van der Waals surface area contributed by atoms with E-state index in [0.717, 1.165) is 18.8 Å². The van der Waals surface area contributed by atoms with Crippen molar-refractivity contribution in [1.82, 2.24) is 4.90 Å². The minimum absolute atomic E-state index is 0.0255. The molecule has 0 amide bonds. The summed E-state index contributed by atoms with van der Waals surface area (Å²) in [7, 11) is 4.03. The molecule has 1 rings (SSSR count). The number of non-ortho nitro benzene ring substituents is 1. The van der Waals surface area contributed by atoms with Crippen LogP contribution in [0.2, 0.25) is 0 Å². The van der Waals surface area contributed by atoms with E-state index in [0.29, 0.717) is 5.69 Å². The maximum absolute atomic E-state index is 10.7. The van der Waals surface area contributed by atoms with E-state index < -0.39 is 4.92 Å². The Labute approximate surface area is 113 Å². The van der Waals surface area contributed by atoms with Crippen LogP contribution in [0.3, 0.4) is 0 Å². The highest BCUT2D eigenvalue weighted by Crippen LogP contribution is 2.28. The third-order valence-electron chi connectivity index (χ3n) is 3.03. The van der Waals surface area contributed by atoms with Crippen LogP contribution in [0, 0.1) is 10.1 Å². The van der Waals surface area contributed by atoms with Gasteiger partial charge in [-0.05, 0) is 34.0 Å². The fourth-order valence-electron chi connectivity index (χ4n) is 2.26. The number of anilines is 2. The Kier molecular flexibility index (Phi) is 5.11. The number of benzene rings is 1. The third kappa shape index (κ3) is 3.82. The first-order valence-corrected chi connectivity index (χ1v) is 6.32. The van der Waals surface area contributed by atoms with Crippen LogP contribution in [0.5, 0.6) is 0 Å². The van der Waals surface area contributed by atoms with Crippen LogP contribution < -0.4 is 10.6 Å². The molecule has 1 aromatic carbocycles. The van der Waals surface area contributed by atoms with Crippen LogP contribution >= 0.6 is 0 Å². The Balaban J connectivity index is 3.02. The number of rotatable bonds is 6.